The van der Waals surface area contributed by atoms with Crippen molar-refractivity contribution < 1.29 is 4.74 Å². The van der Waals surface area contributed by atoms with Crippen LogP contribution in [-0.4, -0.2) is 26.3 Å². The minimum absolute atomic E-state index is 0.698. The Morgan fingerprint density at radius 3 is 1.90 bits per heavy atom. The molecule has 108 valence electrons. The first-order chi connectivity index (χ1) is 10.3. The largest absolute Gasteiger partial charge is 0.378 e. The number of hydrogen-bond donors (Lipinski definition) is 0. The summed E-state index contributed by atoms with van der Waals surface area (Å²) in [4.78, 5) is 2.31. The second-order valence-corrected chi connectivity index (χ2v) is 5.23. The summed E-state index contributed by atoms with van der Waals surface area (Å²) in [5.74, 6) is 0. The number of nitrogens with zero attached hydrogens (tertiary/aromatic N) is 3. The third-order valence-corrected chi connectivity index (χ3v) is 3.59. The Hall–Kier alpha value is -1.91. The van der Waals surface area contributed by atoms with E-state index in [0.717, 1.165) is 37.7 Å². The second kappa shape index (κ2) is 6.70. The molecule has 2 aromatic carbocycles. The number of hydrogen-bond acceptors (Lipinski definition) is 4. The Morgan fingerprint density at radius 1 is 0.810 bits per heavy atom. The third kappa shape index (κ3) is 3.80. The van der Waals surface area contributed by atoms with E-state index in [2.05, 4.69) is 27.3 Å². The van der Waals surface area contributed by atoms with Crippen LogP contribution in [0.15, 0.2) is 58.8 Å². The lowest BCUT2D eigenvalue weighted by molar-refractivity contribution is 0.122. The number of morpholine rings is 1. The molecule has 1 saturated heterocycles. The lowest BCUT2D eigenvalue weighted by Gasteiger charge is -2.28. The molecule has 0 amide bonds. The van der Waals surface area contributed by atoms with Crippen molar-refractivity contribution in [2.75, 3.05) is 31.2 Å². The predicted molar refractivity (Wildman–Crippen MR) is 85.1 cm³/mol. The summed E-state index contributed by atoms with van der Waals surface area (Å²) in [7, 11) is 0. The van der Waals surface area contributed by atoms with Gasteiger partial charge in [0.2, 0.25) is 0 Å². The number of benzene rings is 2. The highest BCUT2D eigenvalue weighted by molar-refractivity contribution is 6.30. The topological polar surface area (TPSA) is 37.2 Å². The Labute approximate surface area is 129 Å². The Bertz CT molecular complexity index is 604. The molecule has 1 aliphatic heterocycles. The fourth-order valence-corrected chi connectivity index (χ4v) is 2.30. The van der Waals surface area contributed by atoms with E-state index in [-0.39, 0.29) is 0 Å². The fourth-order valence-electron chi connectivity index (χ4n) is 2.17. The summed E-state index contributed by atoms with van der Waals surface area (Å²) in [6.07, 6.45) is 0. The van der Waals surface area contributed by atoms with Gasteiger partial charge in [-0.05, 0) is 48.5 Å². The van der Waals surface area contributed by atoms with Gasteiger partial charge in [-0.25, -0.2) is 0 Å². The summed E-state index contributed by atoms with van der Waals surface area (Å²) in [5, 5.41) is 9.12. The van der Waals surface area contributed by atoms with E-state index in [0.29, 0.717) is 5.02 Å². The molecule has 21 heavy (non-hydrogen) atoms. The first kappa shape index (κ1) is 14.0. The van der Waals surface area contributed by atoms with E-state index in [4.69, 9.17) is 16.3 Å². The summed E-state index contributed by atoms with van der Waals surface area (Å²) in [6.45, 7) is 3.45. The number of ether oxygens (including phenoxy) is 1. The number of azo groups is 1. The van der Waals surface area contributed by atoms with Crippen molar-refractivity contribution in [1.82, 2.24) is 0 Å². The Balaban J connectivity index is 1.67. The maximum absolute atomic E-state index is 5.83. The van der Waals surface area contributed by atoms with Crippen molar-refractivity contribution >= 4 is 28.7 Å². The lowest BCUT2D eigenvalue weighted by atomic mass is 10.2. The van der Waals surface area contributed by atoms with Crippen molar-refractivity contribution in [3.63, 3.8) is 0 Å². The zero-order chi connectivity index (χ0) is 14.5. The third-order valence-electron chi connectivity index (χ3n) is 3.33. The monoisotopic (exact) mass is 301 g/mol. The quantitative estimate of drug-likeness (QED) is 0.777. The second-order valence-electron chi connectivity index (χ2n) is 4.79. The first-order valence-corrected chi connectivity index (χ1v) is 7.29. The van der Waals surface area contributed by atoms with Crippen molar-refractivity contribution in [2.24, 2.45) is 10.2 Å². The zero-order valence-electron chi connectivity index (χ0n) is 11.6. The lowest BCUT2D eigenvalue weighted by Crippen LogP contribution is -2.36. The summed E-state index contributed by atoms with van der Waals surface area (Å²) >= 11 is 5.83. The van der Waals surface area contributed by atoms with E-state index >= 15 is 0 Å². The molecule has 0 radical (unpaired) electrons. The minimum atomic E-state index is 0.698. The van der Waals surface area contributed by atoms with E-state index in [1.54, 1.807) is 12.1 Å². The van der Waals surface area contributed by atoms with Gasteiger partial charge in [-0.2, -0.15) is 10.2 Å². The number of halogens is 1. The van der Waals surface area contributed by atoms with Crippen LogP contribution in [0.2, 0.25) is 5.02 Å². The molecule has 5 heteroatoms. The molecule has 4 nitrogen and oxygen atoms in total. The molecule has 1 heterocycles. The van der Waals surface area contributed by atoms with E-state index < -0.39 is 0 Å². The number of anilines is 1. The summed E-state index contributed by atoms with van der Waals surface area (Å²) < 4.78 is 5.36. The van der Waals surface area contributed by atoms with Crippen molar-refractivity contribution in [3.05, 3.63) is 53.6 Å². The van der Waals surface area contributed by atoms with Crippen LogP contribution in [0, 0.1) is 0 Å². The highest BCUT2D eigenvalue weighted by Gasteiger charge is 2.10. The standard InChI is InChI=1S/C16H16ClN3O/c17-13-1-3-14(4-2-13)18-19-15-5-7-16(8-6-15)20-9-11-21-12-10-20/h1-8H,9-12H2. The Morgan fingerprint density at radius 2 is 1.33 bits per heavy atom. The maximum atomic E-state index is 5.83. The van der Waals surface area contributed by atoms with Gasteiger partial charge in [0, 0.05) is 23.8 Å². The normalized spacial score (nSPS) is 15.6. The summed E-state index contributed by atoms with van der Waals surface area (Å²) in [6, 6.07) is 15.4. The van der Waals surface area contributed by atoms with Crippen molar-refractivity contribution in [2.45, 2.75) is 0 Å². The van der Waals surface area contributed by atoms with Gasteiger partial charge >= 0.3 is 0 Å². The van der Waals surface area contributed by atoms with Crippen LogP contribution in [-0.2, 0) is 4.74 Å². The van der Waals surface area contributed by atoms with Crippen LogP contribution in [0.3, 0.4) is 0 Å². The molecular weight excluding hydrogens is 286 g/mol. The molecule has 0 N–H and O–H groups in total. The number of rotatable bonds is 3. The Kier molecular flexibility index (Phi) is 4.48. The highest BCUT2D eigenvalue weighted by Crippen LogP contribution is 2.23. The van der Waals surface area contributed by atoms with Crippen LogP contribution in [0.1, 0.15) is 0 Å². The van der Waals surface area contributed by atoms with Gasteiger partial charge in [0.05, 0.1) is 24.6 Å². The fraction of sp³-hybridized carbons (Fsp3) is 0.250. The average molecular weight is 302 g/mol. The first-order valence-electron chi connectivity index (χ1n) is 6.91. The van der Waals surface area contributed by atoms with Gasteiger partial charge in [-0.1, -0.05) is 11.6 Å². The average Bonchev–Trinajstić information content (AvgIpc) is 2.56. The molecule has 1 fully saturated rings. The SMILES string of the molecule is Clc1ccc(N=Nc2ccc(N3CCOCC3)cc2)cc1. The van der Waals surface area contributed by atoms with Crippen LogP contribution < -0.4 is 4.90 Å². The van der Waals surface area contributed by atoms with Gasteiger partial charge in [0.15, 0.2) is 0 Å². The van der Waals surface area contributed by atoms with Crippen molar-refractivity contribution in [3.8, 4) is 0 Å². The molecule has 0 atom stereocenters. The maximum Gasteiger partial charge on any atom is 0.0858 e. The van der Waals surface area contributed by atoms with E-state index in [9.17, 15) is 0 Å². The molecule has 0 aromatic heterocycles. The molecule has 0 aliphatic carbocycles. The zero-order valence-corrected chi connectivity index (χ0v) is 12.3. The van der Waals surface area contributed by atoms with E-state index in [1.807, 2.05) is 24.3 Å². The molecule has 0 spiro atoms. The summed E-state index contributed by atoms with van der Waals surface area (Å²) in [5.41, 5.74) is 2.82. The van der Waals surface area contributed by atoms with Crippen LogP contribution in [0.5, 0.6) is 0 Å². The van der Waals surface area contributed by atoms with Gasteiger partial charge in [-0.3, -0.25) is 0 Å². The molecule has 0 saturated carbocycles. The minimum Gasteiger partial charge on any atom is -0.378 e. The molecule has 3 rings (SSSR count). The van der Waals surface area contributed by atoms with Gasteiger partial charge in [-0.15, -0.1) is 0 Å². The molecule has 2 aromatic rings. The van der Waals surface area contributed by atoms with Gasteiger partial charge < -0.3 is 9.64 Å². The van der Waals surface area contributed by atoms with Crippen LogP contribution in [0.4, 0.5) is 17.1 Å². The smallest absolute Gasteiger partial charge is 0.0858 e. The van der Waals surface area contributed by atoms with Crippen molar-refractivity contribution in [1.29, 1.82) is 0 Å². The molecule has 1 aliphatic rings. The highest BCUT2D eigenvalue weighted by atomic mass is 35.5. The molecule has 0 unspecified atom stereocenters. The molecular formula is C16H16ClN3O. The van der Waals surface area contributed by atoms with Gasteiger partial charge in [0.25, 0.3) is 0 Å². The molecule has 0 bridgehead atoms. The van der Waals surface area contributed by atoms with Crippen LogP contribution in [0.25, 0.3) is 0 Å². The van der Waals surface area contributed by atoms with E-state index in [1.165, 1.54) is 5.69 Å². The van der Waals surface area contributed by atoms with Crippen LogP contribution >= 0.6 is 11.6 Å². The van der Waals surface area contributed by atoms with Gasteiger partial charge in [0.1, 0.15) is 0 Å². The predicted octanol–water partition coefficient (Wildman–Crippen LogP) is 4.59.